The number of ether oxygens (including phenoxy) is 1. The summed E-state index contributed by atoms with van der Waals surface area (Å²) in [4.78, 5) is 3.92. The third-order valence-electron chi connectivity index (χ3n) is 2.58. The van der Waals surface area contributed by atoms with Crippen LogP contribution in [0.2, 0.25) is 0 Å². The van der Waals surface area contributed by atoms with Crippen LogP contribution in [0.1, 0.15) is 12.8 Å². The van der Waals surface area contributed by atoms with Gasteiger partial charge in [0.2, 0.25) is 15.9 Å². The average Bonchev–Trinajstić information content (AvgIpc) is 2.30. The van der Waals surface area contributed by atoms with Gasteiger partial charge < -0.3 is 10.1 Å². The zero-order valence-corrected chi connectivity index (χ0v) is 10.1. The van der Waals surface area contributed by atoms with Crippen molar-refractivity contribution in [1.29, 1.82) is 0 Å². The quantitative estimate of drug-likeness (QED) is 0.786. The Hall–Kier alpha value is -1.18. The lowest BCUT2D eigenvalue weighted by molar-refractivity contribution is 0.160. The summed E-state index contributed by atoms with van der Waals surface area (Å²) in [5, 5.41) is 8.19. The normalized spacial score (nSPS) is 21.1. The van der Waals surface area contributed by atoms with Crippen LogP contribution in [-0.4, -0.2) is 32.6 Å². The van der Waals surface area contributed by atoms with Gasteiger partial charge in [-0.1, -0.05) is 0 Å². The molecule has 1 aliphatic heterocycles. The topological polar surface area (TPSA) is 94.3 Å². The molecule has 3 N–H and O–H groups in total. The molecular weight excluding hydrogens is 242 g/mol. The Morgan fingerprint density at radius 3 is 2.82 bits per heavy atom. The summed E-state index contributed by atoms with van der Waals surface area (Å²) in [5.74, 6) is 0.422. The summed E-state index contributed by atoms with van der Waals surface area (Å²) in [6, 6.07) is 2.92. The minimum absolute atomic E-state index is 0.00776. The molecule has 1 aliphatic rings. The van der Waals surface area contributed by atoms with Gasteiger partial charge in [0.05, 0.1) is 6.20 Å². The molecule has 0 unspecified atom stereocenters. The third-order valence-corrected chi connectivity index (χ3v) is 3.48. The van der Waals surface area contributed by atoms with E-state index in [4.69, 9.17) is 9.88 Å². The molecule has 2 rings (SSSR count). The zero-order valence-electron chi connectivity index (χ0n) is 9.30. The number of pyridine rings is 1. The highest BCUT2D eigenvalue weighted by Crippen LogP contribution is 2.14. The van der Waals surface area contributed by atoms with Crippen molar-refractivity contribution >= 4 is 10.0 Å². The van der Waals surface area contributed by atoms with Crippen LogP contribution in [0.5, 0.6) is 5.88 Å². The maximum Gasteiger partial charge on any atom is 0.239 e. The van der Waals surface area contributed by atoms with Gasteiger partial charge in [0, 0.05) is 12.6 Å². The van der Waals surface area contributed by atoms with Crippen molar-refractivity contribution < 1.29 is 13.2 Å². The van der Waals surface area contributed by atoms with E-state index in [1.165, 1.54) is 18.3 Å². The van der Waals surface area contributed by atoms with E-state index in [2.05, 4.69) is 10.3 Å². The maximum absolute atomic E-state index is 11.0. The zero-order chi connectivity index (χ0) is 12.3. The summed E-state index contributed by atoms with van der Waals surface area (Å²) in [6.07, 6.45) is 3.35. The standard InChI is InChI=1S/C10H15N3O3S/c11-17(14,15)9-3-4-10(13-7-9)16-8-2-1-5-12-6-8/h3-4,7-8,12H,1-2,5-6H2,(H2,11,14,15)/t8-/m0/s1. The first-order valence-electron chi connectivity index (χ1n) is 5.42. The van der Waals surface area contributed by atoms with E-state index in [1.54, 1.807) is 0 Å². The first-order valence-corrected chi connectivity index (χ1v) is 6.96. The van der Waals surface area contributed by atoms with Crippen molar-refractivity contribution in [3.8, 4) is 5.88 Å². The highest BCUT2D eigenvalue weighted by molar-refractivity contribution is 7.89. The fourth-order valence-electron chi connectivity index (χ4n) is 1.70. The van der Waals surface area contributed by atoms with E-state index < -0.39 is 10.0 Å². The Morgan fingerprint density at radius 1 is 1.47 bits per heavy atom. The van der Waals surface area contributed by atoms with Crippen LogP contribution < -0.4 is 15.2 Å². The molecule has 0 aromatic carbocycles. The van der Waals surface area contributed by atoms with E-state index in [9.17, 15) is 8.42 Å². The highest BCUT2D eigenvalue weighted by atomic mass is 32.2. The predicted molar refractivity (Wildman–Crippen MR) is 62.1 cm³/mol. The number of hydrogen-bond acceptors (Lipinski definition) is 5. The number of piperidine rings is 1. The first-order chi connectivity index (χ1) is 8.05. The van der Waals surface area contributed by atoms with Crippen LogP contribution >= 0.6 is 0 Å². The Bertz CT molecular complexity index is 466. The molecule has 1 aromatic rings. The van der Waals surface area contributed by atoms with Gasteiger partial charge in [-0.25, -0.2) is 18.5 Å². The summed E-state index contributed by atoms with van der Waals surface area (Å²) in [5.41, 5.74) is 0. The van der Waals surface area contributed by atoms with Crippen molar-refractivity contribution in [2.24, 2.45) is 5.14 Å². The second-order valence-electron chi connectivity index (χ2n) is 3.96. The van der Waals surface area contributed by atoms with Gasteiger partial charge in [0.15, 0.2) is 0 Å². The van der Waals surface area contributed by atoms with Crippen LogP contribution in [0.4, 0.5) is 0 Å². The first kappa shape index (κ1) is 12.3. The Kier molecular flexibility index (Phi) is 3.60. The number of hydrogen-bond donors (Lipinski definition) is 2. The molecule has 0 radical (unpaired) electrons. The summed E-state index contributed by atoms with van der Waals surface area (Å²) >= 11 is 0. The minimum Gasteiger partial charge on any atom is -0.473 e. The molecule has 1 fully saturated rings. The van der Waals surface area contributed by atoms with Gasteiger partial charge in [-0.15, -0.1) is 0 Å². The smallest absolute Gasteiger partial charge is 0.239 e. The minimum atomic E-state index is -3.68. The van der Waals surface area contributed by atoms with Crippen molar-refractivity contribution in [1.82, 2.24) is 10.3 Å². The molecule has 2 heterocycles. The third kappa shape index (κ3) is 3.39. The Labute approximate surface area is 100 Å². The number of nitrogens with two attached hydrogens (primary N) is 1. The van der Waals surface area contributed by atoms with E-state index in [-0.39, 0.29) is 11.0 Å². The monoisotopic (exact) mass is 257 g/mol. The van der Waals surface area contributed by atoms with E-state index in [1.807, 2.05) is 0 Å². The van der Waals surface area contributed by atoms with Gasteiger partial charge in [0.25, 0.3) is 0 Å². The van der Waals surface area contributed by atoms with Gasteiger partial charge in [0.1, 0.15) is 11.0 Å². The average molecular weight is 257 g/mol. The van der Waals surface area contributed by atoms with Crippen molar-refractivity contribution in [2.45, 2.75) is 23.8 Å². The molecule has 1 saturated heterocycles. The summed E-state index contributed by atoms with van der Waals surface area (Å²) in [6.45, 7) is 1.80. The molecule has 0 spiro atoms. The van der Waals surface area contributed by atoms with Crippen LogP contribution in [0.3, 0.4) is 0 Å². The molecule has 1 aromatic heterocycles. The Morgan fingerprint density at radius 2 is 2.29 bits per heavy atom. The predicted octanol–water partition coefficient (Wildman–Crippen LogP) is -0.140. The number of rotatable bonds is 3. The van der Waals surface area contributed by atoms with E-state index in [0.717, 1.165) is 25.9 Å². The van der Waals surface area contributed by atoms with Crippen molar-refractivity contribution in [2.75, 3.05) is 13.1 Å². The van der Waals surface area contributed by atoms with Crippen molar-refractivity contribution in [3.63, 3.8) is 0 Å². The molecule has 1 atom stereocenters. The number of primary sulfonamides is 1. The van der Waals surface area contributed by atoms with Crippen LogP contribution in [0.25, 0.3) is 0 Å². The largest absolute Gasteiger partial charge is 0.473 e. The SMILES string of the molecule is NS(=O)(=O)c1ccc(O[C@H]2CCCNC2)nc1. The van der Waals surface area contributed by atoms with Gasteiger partial charge >= 0.3 is 0 Å². The Balaban J connectivity index is 2.03. The lowest BCUT2D eigenvalue weighted by atomic mass is 10.1. The molecule has 0 saturated carbocycles. The number of nitrogens with zero attached hydrogens (tertiary/aromatic N) is 1. The van der Waals surface area contributed by atoms with Crippen LogP contribution in [-0.2, 0) is 10.0 Å². The van der Waals surface area contributed by atoms with Crippen LogP contribution in [0.15, 0.2) is 23.2 Å². The lowest BCUT2D eigenvalue weighted by Gasteiger charge is -2.23. The lowest BCUT2D eigenvalue weighted by Crippen LogP contribution is -2.37. The molecule has 0 amide bonds. The van der Waals surface area contributed by atoms with Gasteiger partial charge in [-0.3, -0.25) is 0 Å². The van der Waals surface area contributed by atoms with Gasteiger partial charge in [-0.2, -0.15) is 0 Å². The fraction of sp³-hybridized carbons (Fsp3) is 0.500. The maximum atomic E-state index is 11.0. The summed E-state index contributed by atoms with van der Waals surface area (Å²) < 4.78 is 27.7. The molecular formula is C10H15N3O3S. The number of aromatic nitrogens is 1. The van der Waals surface area contributed by atoms with E-state index >= 15 is 0 Å². The van der Waals surface area contributed by atoms with E-state index in [0.29, 0.717) is 5.88 Å². The molecule has 17 heavy (non-hydrogen) atoms. The van der Waals surface area contributed by atoms with Gasteiger partial charge in [-0.05, 0) is 25.5 Å². The second kappa shape index (κ2) is 4.99. The van der Waals surface area contributed by atoms with Crippen molar-refractivity contribution in [3.05, 3.63) is 18.3 Å². The molecule has 94 valence electrons. The van der Waals surface area contributed by atoms with Crippen LogP contribution in [0, 0.1) is 0 Å². The fourth-order valence-corrected chi connectivity index (χ4v) is 2.15. The number of sulfonamides is 1. The summed E-state index contributed by atoms with van der Waals surface area (Å²) in [7, 11) is -3.68. The highest BCUT2D eigenvalue weighted by Gasteiger charge is 2.15. The molecule has 6 nitrogen and oxygen atoms in total. The molecule has 0 aliphatic carbocycles. The second-order valence-corrected chi connectivity index (χ2v) is 5.52. The number of nitrogens with one attached hydrogen (secondary N) is 1. The molecule has 0 bridgehead atoms. The molecule has 7 heteroatoms.